The number of hydrogen-bond acceptors (Lipinski definition) is 3. The molecular weight excluding hydrogens is 320 g/mol. The number of carbonyl (C=O) groups is 3. The Morgan fingerprint density at radius 2 is 2.04 bits per heavy atom. The van der Waals surface area contributed by atoms with Gasteiger partial charge in [0.05, 0.1) is 6.04 Å². The molecule has 0 radical (unpaired) electrons. The predicted molar refractivity (Wildman–Crippen MR) is 90.5 cm³/mol. The fraction of sp³-hybridized carbons (Fsp3) is 0.611. The van der Waals surface area contributed by atoms with Gasteiger partial charge in [0.15, 0.2) is 0 Å². The standard InChI is InChI=1S/C18H24N4O3/c23-15(21-11-4-6-14(21)13-5-3-10-19-13)7-12-22-16(24)18(20-17(22)25)8-1-2-9-18/h3,5,10,14,19H,1-2,4,6-9,11-12H2,(H,20,25). The zero-order valence-corrected chi connectivity index (χ0v) is 14.3. The molecule has 134 valence electrons. The molecule has 25 heavy (non-hydrogen) atoms. The molecule has 3 fully saturated rings. The summed E-state index contributed by atoms with van der Waals surface area (Å²) in [6.45, 7) is 0.895. The van der Waals surface area contributed by atoms with Crippen LogP contribution in [0.4, 0.5) is 4.79 Å². The van der Waals surface area contributed by atoms with Gasteiger partial charge in [-0.05, 0) is 37.8 Å². The molecule has 1 saturated carbocycles. The molecule has 1 aromatic rings. The zero-order valence-electron chi connectivity index (χ0n) is 14.3. The van der Waals surface area contributed by atoms with Gasteiger partial charge in [-0.15, -0.1) is 0 Å². The van der Waals surface area contributed by atoms with E-state index in [0.717, 1.165) is 37.9 Å². The number of H-pyrrole nitrogens is 1. The first kappa shape index (κ1) is 16.2. The summed E-state index contributed by atoms with van der Waals surface area (Å²) >= 11 is 0. The maximum absolute atomic E-state index is 12.7. The molecule has 1 aromatic heterocycles. The molecule has 4 amide bonds. The summed E-state index contributed by atoms with van der Waals surface area (Å²) in [5.41, 5.74) is 0.353. The van der Waals surface area contributed by atoms with E-state index in [2.05, 4.69) is 10.3 Å². The summed E-state index contributed by atoms with van der Waals surface area (Å²) in [4.78, 5) is 43.8. The molecule has 1 atom stereocenters. The van der Waals surface area contributed by atoms with Crippen LogP contribution in [-0.2, 0) is 9.59 Å². The van der Waals surface area contributed by atoms with E-state index in [0.29, 0.717) is 12.8 Å². The molecule has 2 saturated heterocycles. The summed E-state index contributed by atoms with van der Waals surface area (Å²) in [6.07, 6.45) is 7.32. The van der Waals surface area contributed by atoms with Crippen LogP contribution in [-0.4, -0.2) is 51.3 Å². The van der Waals surface area contributed by atoms with Crippen molar-refractivity contribution in [3.63, 3.8) is 0 Å². The smallest absolute Gasteiger partial charge is 0.325 e. The van der Waals surface area contributed by atoms with Crippen molar-refractivity contribution in [2.45, 2.75) is 56.5 Å². The fourth-order valence-corrected chi connectivity index (χ4v) is 4.49. The van der Waals surface area contributed by atoms with E-state index in [1.54, 1.807) is 0 Å². The number of imide groups is 1. The lowest BCUT2D eigenvalue weighted by molar-refractivity contribution is -0.134. The average Bonchev–Trinajstić information content (AvgIpc) is 3.36. The second-order valence-corrected chi connectivity index (χ2v) is 7.30. The van der Waals surface area contributed by atoms with Crippen LogP contribution in [0.15, 0.2) is 18.3 Å². The van der Waals surface area contributed by atoms with Crippen molar-refractivity contribution in [3.05, 3.63) is 24.0 Å². The third-order valence-corrected chi connectivity index (χ3v) is 5.81. The van der Waals surface area contributed by atoms with Gasteiger partial charge in [-0.2, -0.15) is 0 Å². The largest absolute Gasteiger partial charge is 0.363 e. The van der Waals surface area contributed by atoms with Crippen molar-refractivity contribution >= 4 is 17.8 Å². The highest BCUT2D eigenvalue weighted by molar-refractivity contribution is 6.07. The molecule has 1 aliphatic carbocycles. The molecule has 0 bridgehead atoms. The Morgan fingerprint density at radius 1 is 1.24 bits per heavy atom. The lowest BCUT2D eigenvalue weighted by Gasteiger charge is -2.25. The van der Waals surface area contributed by atoms with Crippen LogP contribution in [0.1, 0.15) is 56.7 Å². The van der Waals surface area contributed by atoms with Crippen LogP contribution in [0.25, 0.3) is 0 Å². The first-order valence-electron chi connectivity index (χ1n) is 9.18. The normalized spacial score (nSPS) is 25.2. The molecule has 3 aliphatic rings. The summed E-state index contributed by atoms with van der Waals surface area (Å²) in [7, 11) is 0. The van der Waals surface area contributed by atoms with Crippen LogP contribution < -0.4 is 5.32 Å². The number of aromatic amines is 1. The van der Waals surface area contributed by atoms with Crippen LogP contribution in [0, 0.1) is 0 Å². The molecule has 2 aliphatic heterocycles. The maximum atomic E-state index is 12.7. The van der Waals surface area contributed by atoms with Gasteiger partial charge in [-0.25, -0.2) is 4.79 Å². The van der Waals surface area contributed by atoms with Gasteiger partial charge >= 0.3 is 6.03 Å². The lowest BCUT2D eigenvalue weighted by Crippen LogP contribution is -2.44. The van der Waals surface area contributed by atoms with Gasteiger partial charge in [0.1, 0.15) is 5.54 Å². The summed E-state index contributed by atoms with van der Waals surface area (Å²) in [5.74, 6) is -0.143. The highest BCUT2D eigenvalue weighted by atomic mass is 16.2. The zero-order chi connectivity index (χ0) is 17.4. The second-order valence-electron chi connectivity index (χ2n) is 7.30. The molecule has 1 spiro atoms. The molecular formula is C18H24N4O3. The summed E-state index contributed by atoms with van der Waals surface area (Å²) in [6, 6.07) is 3.66. The van der Waals surface area contributed by atoms with E-state index in [4.69, 9.17) is 0 Å². The second kappa shape index (κ2) is 6.20. The number of carbonyl (C=O) groups excluding carboxylic acids is 3. The predicted octanol–water partition coefficient (Wildman–Crippen LogP) is 1.93. The van der Waals surface area contributed by atoms with E-state index >= 15 is 0 Å². The number of aromatic nitrogens is 1. The SMILES string of the molecule is O=C1NC2(CCCC2)C(=O)N1CCC(=O)N1CCCC1c1ccc[nH]1. The topological polar surface area (TPSA) is 85.5 Å². The Bertz CT molecular complexity index is 679. The number of urea groups is 1. The minimum atomic E-state index is -0.694. The van der Waals surface area contributed by atoms with Crippen LogP contribution in [0.2, 0.25) is 0 Å². The first-order valence-corrected chi connectivity index (χ1v) is 9.18. The molecule has 7 heteroatoms. The van der Waals surface area contributed by atoms with E-state index in [-0.39, 0.29) is 36.9 Å². The van der Waals surface area contributed by atoms with E-state index in [1.807, 2.05) is 23.2 Å². The molecule has 2 N–H and O–H groups in total. The maximum Gasteiger partial charge on any atom is 0.325 e. The average molecular weight is 344 g/mol. The van der Waals surface area contributed by atoms with E-state index < -0.39 is 5.54 Å². The van der Waals surface area contributed by atoms with Gasteiger partial charge in [-0.3, -0.25) is 14.5 Å². The number of nitrogens with zero attached hydrogens (tertiary/aromatic N) is 2. The van der Waals surface area contributed by atoms with Crippen molar-refractivity contribution < 1.29 is 14.4 Å². The van der Waals surface area contributed by atoms with Crippen LogP contribution >= 0.6 is 0 Å². The van der Waals surface area contributed by atoms with Gasteiger partial charge < -0.3 is 15.2 Å². The van der Waals surface area contributed by atoms with Crippen LogP contribution in [0.3, 0.4) is 0 Å². The molecule has 7 nitrogen and oxygen atoms in total. The Balaban J connectivity index is 1.39. The lowest BCUT2D eigenvalue weighted by atomic mass is 9.98. The number of rotatable bonds is 4. The first-order chi connectivity index (χ1) is 12.1. The minimum absolute atomic E-state index is 0.00470. The highest BCUT2D eigenvalue weighted by Gasteiger charge is 2.52. The van der Waals surface area contributed by atoms with Crippen molar-refractivity contribution in [1.82, 2.24) is 20.1 Å². The summed E-state index contributed by atoms with van der Waals surface area (Å²) in [5, 5.41) is 2.86. The molecule has 0 aromatic carbocycles. The van der Waals surface area contributed by atoms with E-state index in [9.17, 15) is 14.4 Å². The monoisotopic (exact) mass is 344 g/mol. The summed E-state index contributed by atoms with van der Waals surface area (Å²) < 4.78 is 0. The molecule has 4 rings (SSSR count). The number of amides is 4. The number of hydrogen-bond donors (Lipinski definition) is 2. The van der Waals surface area contributed by atoms with Gasteiger partial charge in [0.25, 0.3) is 5.91 Å². The highest BCUT2D eigenvalue weighted by Crippen LogP contribution is 2.35. The van der Waals surface area contributed by atoms with E-state index in [1.165, 1.54) is 4.90 Å². The van der Waals surface area contributed by atoms with Gasteiger partial charge in [-0.1, -0.05) is 12.8 Å². The third kappa shape index (κ3) is 2.71. The number of nitrogens with one attached hydrogen (secondary N) is 2. The Morgan fingerprint density at radius 3 is 2.76 bits per heavy atom. The third-order valence-electron chi connectivity index (χ3n) is 5.81. The van der Waals surface area contributed by atoms with Crippen LogP contribution in [0.5, 0.6) is 0 Å². The van der Waals surface area contributed by atoms with Crippen molar-refractivity contribution in [1.29, 1.82) is 0 Å². The number of likely N-dealkylation sites (tertiary alicyclic amines) is 1. The van der Waals surface area contributed by atoms with Gasteiger partial charge in [0, 0.05) is 31.4 Å². The van der Waals surface area contributed by atoms with Crippen molar-refractivity contribution in [3.8, 4) is 0 Å². The van der Waals surface area contributed by atoms with Gasteiger partial charge in [0.2, 0.25) is 5.91 Å². The minimum Gasteiger partial charge on any atom is -0.363 e. The van der Waals surface area contributed by atoms with Crippen molar-refractivity contribution in [2.24, 2.45) is 0 Å². The Kier molecular flexibility index (Phi) is 4.01. The quantitative estimate of drug-likeness (QED) is 0.819. The fourth-order valence-electron chi connectivity index (χ4n) is 4.49. The Hall–Kier alpha value is -2.31. The Labute approximate surface area is 146 Å². The molecule has 3 heterocycles. The molecule has 1 unspecified atom stereocenters. The van der Waals surface area contributed by atoms with Crippen molar-refractivity contribution in [2.75, 3.05) is 13.1 Å².